The van der Waals surface area contributed by atoms with Crippen LogP contribution >= 0.6 is 0 Å². The predicted molar refractivity (Wildman–Crippen MR) is 75.8 cm³/mol. The molecule has 0 amide bonds. The van der Waals surface area contributed by atoms with Gasteiger partial charge in [-0.15, -0.1) is 0 Å². The van der Waals surface area contributed by atoms with Crippen LogP contribution in [0.2, 0.25) is 0 Å². The van der Waals surface area contributed by atoms with Crippen molar-refractivity contribution in [1.29, 1.82) is 0 Å². The van der Waals surface area contributed by atoms with Crippen molar-refractivity contribution in [2.24, 2.45) is 11.7 Å². The zero-order valence-electron chi connectivity index (χ0n) is 11.9. The Kier molecular flexibility index (Phi) is 6.09. The molecular weight excluding hydrogens is 226 g/mol. The number of hydrogen-bond acceptors (Lipinski definition) is 4. The lowest BCUT2D eigenvalue weighted by molar-refractivity contribution is 0.204. The van der Waals surface area contributed by atoms with Gasteiger partial charge in [0.1, 0.15) is 5.82 Å². The highest BCUT2D eigenvalue weighted by Crippen LogP contribution is 2.16. The summed E-state index contributed by atoms with van der Waals surface area (Å²) in [4.78, 5) is 6.91. The molecule has 18 heavy (non-hydrogen) atoms. The molecule has 0 saturated heterocycles. The van der Waals surface area contributed by atoms with Gasteiger partial charge in [0.2, 0.25) is 0 Å². The van der Waals surface area contributed by atoms with E-state index in [1.54, 1.807) is 7.11 Å². The molecule has 0 atom stereocenters. The third kappa shape index (κ3) is 4.27. The topological polar surface area (TPSA) is 51.4 Å². The fraction of sp³-hybridized carbons (Fsp3) is 0.643. The number of aryl methyl sites for hydroxylation is 1. The highest BCUT2D eigenvalue weighted by atomic mass is 16.5. The molecule has 1 heterocycles. The summed E-state index contributed by atoms with van der Waals surface area (Å²) >= 11 is 0. The minimum Gasteiger partial charge on any atom is -0.383 e. The molecule has 4 heteroatoms. The average Bonchev–Trinajstić information content (AvgIpc) is 2.34. The maximum absolute atomic E-state index is 5.66. The third-order valence-electron chi connectivity index (χ3n) is 2.88. The van der Waals surface area contributed by atoms with Crippen molar-refractivity contribution >= 4 is 5.82 Å². The largest absolute Gasteiger partial charge is 0.383 e. The van der Waals surface area contributed by atoms with Gasteiger partial charge in [-0.1, -0.05) is 19.9 Å². The van der Waals surface area contributed by atoms with Crippen LogP contribution in [0, 0.1) is 12.8 Å². The normalized spacial score (nSPS) is 11.0. The number of rotatable bonds is 7. The number of hydrogen-bond donors (Lipinski definition) is 1. The van der Waals surface area contributed by atoms with Gasteiger partial charge in [-0.3, -0.25) is 0 Å². The number of aromatic nitrogens is 1. The van der Waals surface area contributed by atoms with Crippen LogP contribution in [0.15, 0.2) is 12.1 Å². The molecule has 0 aromatic carbocycles. The number of methoxy groups -OCH3 is 1. The molecular formula is C14H25N3O. The molecule has 102 valence electrons. The predicted octanol–water partition coefficient (Wildman–Crippen LogP) is 1.96. The Hall–Kier alpha value is -1.13. The summed E-state index contributed by atoms with van der Waals surface area (Å²) in [5.41, 5.74) is 7.79. The van der Waals surface area contributed by atoms with E-state index < -0.39 is 0 Å². The van der Waals surface area contributed by atoms with Crippen molar-refractivity contribution in [2.45, 2.75) is 27.3 Å². The van der Waals surface area contributed by atoms with Crippen LogP contribution in [0.5, 0.6) is 0 Å². The van der Waals surface area contributed by atoms with Gasteiger partial charge in [0.05, 0.1) is 6.61 Å². The van der Waals surface area contributed by atoms with Crippen LogP contribution in [-0.2, 0) is 11.3 Å². The second-order valence-corrected chi connectivity index (χ2v) is 4.95. The monoisotopic (exact) mass is 251 g/mol. The van der Waals surface area contributed by atoms with Crippen LogP contribution in [0.25, 0.3) is 0 Å². The Balaban J connectivity index is 2.86. The average molecular weight is 251 g/mol. The number of nitrogens with two attached hydrogens (primary N) is 1. The van der Waals surface area contributed by atoms with Crippen molar-refractivity contribution in [1.82, 2.24) is 4.98 Å². The SMILES string of the molecule is COCCN(CC(C)C)c1ccc(CN)c(C)n1. The quantitative estimate of drug-likeness (QED) is 0.805. The van der Waals surface area contributed by atoms with Gasteiger partial charge in [0.15, 0.2) is 0 Å². The second kappa shape index (κ2) is 7.34. The van der Waals surface area contributed by atoms with Gasteiger partial charge < -0.3 is 15.4 Å². The maximum Gasteiger partial charge on any atom is 0.128 e. The van der Waals surface area contributed by atoms with Crippen LogP contribution < -0.4 is 10.6 Å². The van der Waals surface area contributed by atoms with Gasteiger partial charge in [-0.25, -0.2) is 4.98 Å². The lowest BCUT2D eigenvalue weighted by Crippen LogP contribution is -2.31. The summed E-state index contributed by atoms with van der Waals surface area (Å²) in [6, 6.07) is 4.12. The molecule has 0 unspecified atom stereocenters. The number of nitrogens with zero attached hydrogens (tertiary/aromatic N) is 2. The van der Waals surface area contributed by atoms with Crippen LogP contribution in [0.1, 0.15) is 25.1 Å². The van der Waals surface area contributed by atoms with E-state index >= 15 is 0 Å². The lowest BCUT2D eigenvalue weighted by Gasteiger charge is -2.26. The van der Waals surface area contributed by atoms with Crippen molar-refractivity contribution in [2.75, 3.05) is 31.7 Å². The molecule has 0 radical (unpaired) electrons. The second-order valence-electron chi connectivity index (χ2n) is 4.95. The van der Waals surface area contributed by atoms with Gasteiger partial charge >= 0.3 is 0 Å². The first kappa shape index (κ1) is 14.9. The molecule has 1 aromatic rings. The minimum absolute atomic E-state index is 0.543. The first-order chi connectivity index (χ1) is 8.58. The fourth-order valence-corrected chi connectivity index (χ4v) is 1.91. The standard InChI is InChI=1S/C14H25N3O/c1-11(2)10-17(7-8-18-4)14-6-5-13(9-15)12(3)16-14/h5-6,11H,7-10,15H2,1-4H3. The Bertz CT molecular complexity index is 366. The lowest BCUT2D eigenvalue weighted by atomic mass is 10.2. The van der Waals surface area contributed by atoms with Crippen LogP contribution in [0.3, 0.4) is 0 Å². The van der Waals surface area contributed by atoms with Crippen molar-refractivity contribution < 1.29 is 4.74 Å². The highest BCUT2D eigenvalue weighted by Gasteiger charge is 2.11. The van der Waals surface area contributed by atoms with E-state index in [0.29, 0.717) is 19.1 Å². The molecule has 0 aliphatic heterocycles. The first-order valence-electron chi connectivity index (χ1n) is 6.49. The molecule has 0 saturated carbocycles. The third-order valence-corrected chi connectivity index (χ3v) is 2.88. The van der Waals surface area contributed by atoms with Gasteiger partial charge in [-0.05, 0) is 24.5 Å². The van der Waals surface area contributed by atoms with Crippen LogP contribution in [0.4, 0.5) is 5.82 Å². The number of ether oxygens (including phenoxy) is 1. The van der Waals surface area contributed by atoms with Crippen molar-refractivity contribution in [3.05, 3.63) is 23.4 Å². The molecule has 1 aromatic heterocycles. The number of anilines is 1. The molecule has 0 spiro atoms. The molecule has 2 N–H and O–H groups in total. The fourth-order valence-electron chi connectivity index (χ4n) is 1.91. The molecule has 1 rings (SSSR count). The Morgan fingerprint density at radius 1 is 1.39 bits per heavy atom. The molecule has 0 aliphatic rings. The van der Waals surface area contributed by atoms with Gasteiger partial charge in [0, 0.05) is 32.4 Å². The van der Waals surface area contributed by atoms with E-state index in [1.807, 2.05) is 13.0 Å². The van der Waals surface area contributed by atoms with E-state index in [4.69, 9.17) is 10.5 Å². The van der Waals surface area contributed by atoms with Gasteiger partial charge in [0.25, 0.3) is 0 Å². The zero-order valence-corrected chi connectivity index (χ0v) is 11.9. The summed E-state index contributed by atoms with van der Waals surface area (Å²) in [7, 11) is 1.73. The molecule has 0 aliphatic carbocycles. The molecule has 0 bridgehead atoms. The summed E-state index contributed by atoms with van der Waals surface area (Å²) in [6.07, 6.45) is 0. The Morgan fingerprint density at radius 2 is 2.11 bits per heavy atom. The van der Waals surface area contributed by atoms with E-state index in [2.05, 4.69) is 29.8 Å². The van der Waals surface area contributed by atoms with Crippen LogP contribution in [-0.4, -0.2) is 31.8 Å². The molecule has 4 nitrogen and oxygen atoms in total. The Labute approximate surface area is 110 Å². The summed E-state index contributed by atoms with van der Waals surface area (Å²) < 4.78 is 5.16. The van der Waals surface area contributed by atoms with Gasteiger partial charge in [-0.2, -0.15) is 0 Å². The first-order valence-corrected chi connectivity index (χ1v) is 6.49. The zero-order chi connectivity index (χ0) is 13.5. The highest BCUT2D eigenvalue weighted by molar-refractivity contribution is 5.41. The van der Waals surface area contributed by atoms with Crippen molar-refractivity contribution in [3.8, 4) is 0 Å². The maximum atomic E-state index is 5.66. The van der Waals surface area contributed by atoms with E-state index in [0.717, 1.165) is 30.2 Å². The van der Waals surface area contributed by atoms with E-state index in [1.165, 1.54) is 0 Å². The summed E-state index contributed by atoms with van der Waals surface area (Å²) in [5, 5.41) is 0. The minimum atomic E-state index is 0.543. The Morgan fingerprint density at radius 3 is 2.61 bits per heavy atom. The molecule has 0 fully saturated rings. The van der Waals surface area contributed by atoms with E-state index in [9.17, 15) is 0 Å². The number of pyridine rings is 1. The van der Waals surface area contributed by atoms with E-state index in [-0.39, 0.29) is 0 Å². The summed E-state index contributed by atoms with van der Waals surface area (Å²) in [6.45, 7) is 9.53. The summed E-state index contributed by atoms with van der Waals surface area (Å²) in [5.74, 6) is 1.61. The van der Waals surface area contributed by atoms with Crippen molar-refractivity contribution in [3.63, 3.8) is 0 Å². The smallest absolute Gasteiger partial charge is 0.128 e.